The van der Waals surface area contributed by atoms with Crippen LogP contribution >= 0.6 is 0 Å². The Morgan fingerprint density at radius 3 is 2.56 bits per heavy atom. The first-order valence-electron chi connectivity index (χ1n) is 6.02. The van der Waals surface area contributed by atoms with Crippen molar-refractivity contribution in [1.29, 1.82) is 0 Å². The quantitative estimate of drug-likeness (QED) is 0.400. The molecule has 4 N–H and O–H groups in total. The van der Waals surface area contributed by atoms with Gasteiger partial charge in [-0.3, -0.25) is 5.84 Å². The van der Waals surface area contributed by atoms with Crippen molar-refractivity contribution in [1.82, 2.24) is 4.72 Å². The monoisotopic (exact) mass is 271 g/mol. The normalized spacial score (nSPS) is 11.8. The Kier molecular flexibility index (Phi) is 5.58. The van der Waals surface area contributed by atoms with Crippen LogP contribution in [0.15, 0.2) is 29.2 Å². The van der Waals surface area contributed by atoms with E-state index in [1.807, 2.05) is 0 Å². The van der Waals surface area contributed by atoms with Gasteiger partial charge in [0.15, 0.2) is 0 Å². The fourth-order valence-corrected chi connectivity index (χ4v) is 2.86. The van der Waals surface area contributed by atoms with Gasteiger partial charge in [0.1, 0.15) is 4.90 Å². The minimum absolute atomic E-state index is 0.178. The summed E-state index contributed by atoms with van der Waals surface area (Å²) in [5.41, 5.74) is 2.79. The van der Waals surface area contributed by atoms with Crippen LogP contribution in [0.2, 0.25) is 0 Å². The molecule has 0 spiro atoms. The molecule has 0 radical (unpaired) electrons. The van der Waals surface area contributed by atoms with Crippen molar-refractivity contribution < 1.29 is 8.42 Å². The molecule has 0 aromatic heterocycles. The van der Waals surface area contributed by atoms with Gasteiger partial charge in [0.25, 0.3) is 0 Å². The zero-order valence-corrected chi connectivity index (χ0v) is 11.6. The SMILES string of the molecule is CC(C)CCCNS(=O)(=O)c1ccccc1NN. The first kappa shape index (κ1) is 14.9. The molecule has 6 heteroatoms. The number of hydrogen-bond acceptors (Lipinski definition) is 4. The van der Waals surface area contributed by atoms with Crippen LogP contribution < -0.4 is 16.0 Å². The standard InChI is InChI=1S/C12H21N3O2S/c1-10(2)6-5-9-14-18(16,17)12-8-4-3-7-11(12)15-13/h3-4,7-8,10,14-15H,5-6,9,13H2,1-2H3. The van der Waals surface area contributed by atoms with Gasteiger partial charge in [0, 0.05) is 6.54 Å². The summed E-state index contributed by atoms with van der Waals surface area (Å²) in [5.74, 6) is 5.88. The number of para-hydroxylation sites is 1. The predicted octanol–water partition coefficient (Wildman–Crippen LogP) is 1.69. The molecule has 0 aliphatic carbocycles. The highest BCUT2D eigenvalue weighted by Gasteiger charge is 2.16. The van der Waals surface area contributed by atoms with Gasteiger partial charge in [-0.15, -0.1) is 0 Å². The summed E-state index contributed by atoms with van der Waals surface area (Å²) in [7, 11) is -3.49. The zero-order chi connectivity index (χ0) is 13.6. The number of nitrogens with two attached hydrogens (primary N) is 1. The molecule has 0 heterocycles. The van der Waals surface area contributed by atoms with E-state index < -0.39 is 10.0 Å². The van der Waals surface area contributed by atoms with Gasteiger partial charge in [-0.05, 0) is 30.9 Å². The van der Waals surface area contributed by atoms with Crippen LogP contribution in [0.1, 0.15) is 26.7 Å². The minimum Gasteiger partial charge on any atom is -0.323 e. The number of hydrazine groups is 1. The Bertz CT molecular complexity index is 472. The fraction of sp³-hybridized carbons (Fsp3) is 0.500. The topological polar surface area (TPSA) is 84.2 Å². The van der Waals surface area contributed by atoms with Gasteiger partial charge in [0.2, 0.25) is 10.0 Å². The Morgan fingerprint density at radius 1 is 1.28 bits per heavy atom. The van der Waals surface area contributed by atoms with Crippen LogP contribution in [0.5, 0.6) is 0 Å². The molecule has 5 nitrogen and oxygen atoms in total. The highest BCUT2D eigenvalue weighted by atomic mass is 32.2. The average Bonchev–Trinajstić information content (AvgIpc) is 2.34. The van der Waals surface area contributed by atoms with Gasteiger partial charge in [-0.1, -0.05) is 26.0 Å². The highest BCUT2D eigenvalue weighted by molar-refractivity contribution is 7.89. The second kappa shape index (κ2) is 6.72. The second-order valence-corrected chi connectivity index (χ2v) is 6.31. The number of hydrogen-bond donors (Lipinski definition) is 3. The predicted molar refractivity (Wildman–Crippen MR) is 73.5 cm³/mol. The average molecular weight is 271 g/mol. The third-order valence-electron chi connectivity index (χ3n) is 2.58. The van der Waals surface area contributed by atoms with E-state index in [9.17, 15) is 8.42 Å². The van der Waals surface area contributed by atoms with Gasteiger partial charge in [-0.2, -0.15) is 0 Å². The van der Waals surface area contributed by atoms with Crippen molar-refractivity contribution in [3.63, 3.8) is 0 Å². The van der Waals surface area contributed by atoms with Crippen LogP contribution in [-0.4, -0.2) is 15.0 Å². The van der Waals surface area contributed by atoms with Crippen molar-refractivity contribution >= 4 is 15.7 Å². The maximum Gasteiger partial charge on any atom is 0.242 e. The maximum atomic E-state index is 12.0. The van der Waals surface area contributed by atoms with Crippen LogP contribution in [0, 0.1) is 5.92 Å². The van der Waals surface area contributed by atoms with Gasteiger partial charge < -0.3 is 5.43 Å². The molecule has 0 fully saturated rings. The van der Waals surface area contributed by atoms with Crippen LogP contribution in [-0.2, 0) is 10.0 Å². The largest absolute Gasteiger partial charge is 0.323 e. The molecule has 1 aromatic rings. The number of rotatable bonds is 7. The summed E-state index contributed by atoms with van der Waals surface area (Å²) in [6.07, 6.45) is 1.83. The minimum atomic E-state index is -3.49. The molecule has 0 saturated carbocycles. The van der Waals surface area contributed by atoms with Crippen molar-refractivity contribution in [2.24, 2.45) is 11.8 Å². The van der Waals surface area contributed by atoms with Crippen LogP contribution in [0.3, 0.4) is 0 Å². The van der Waals surface area contributed by atoms with E-state index in [4.69, 9.17) is 5.84 Å². The van der Waals surface area contributed by atoms with Crippen LogP contribution in [0.25, 0.3) is 0 Å². The summed E-state index contributed by atoms with van der Waals surface area (Å²) < 4.78 is 26.7. The molecule has 0 amide bonds. The molecule has 102 valence electrons. The molecule has 0 aliphatic rings. The molecule has 0 bridgehead atoms. The summed E-state index contributed by atoms with van der Waals surface area (Å²) in [5, 5.41) is 0. The first-order chi connectivity index (χ1) is 8.47. The molecule has 0 aliphatic heterocycles. The highest BCUT2D eigenvalue weighted by Crippen LogP contribution is 2.19. The molecular formula is C12H21N3O2S. The van der Waals surface area contributed by atoms with E-state index in [0.717, 1.165) is 12.8 Å². The van der Waals surface area contributed by atoms with Crippen molar-refractivity contribution in [3.05, 3.63) is 24.3 Å². The van der Waals surface area contributed by atoms with E-state index in [2.05, 4.69) is 24.0 Å². The third kappa shape index (κ3) is 4.29. The molecule has 18 heavy (non-hydrogen) atoms. The van der Waals surface area contributed by atoms with E-state index >= 15 is 0 Å². The molecule has 1 aromatic carbocycles. The number of benzene rings is 1. The molecule has 0 atom stereocenters. The molecular weight excluding hydrogens is 250 g/mol. The number of nitrogens with one attached hydrogen (secondary N) is 2. The molecule has 1 rings (SSSR count). The summed E-state index contributed by atoms with van der Waals surface area (Å²) in [6, 6.07) is 6.55. The zero-order valence-electron chi connectivity index (χ0n) is 10.8. The molecule has 0 saturated heterocycles. The summed E-state index contributed by atoms with van der Waals surface area (Å²) in [4.78, 5) is 0.178. The van der Waals surface area contributed by atoms with E-state index in [-0.39, 0.29) is 4.90 Å². The van der Waals surface area contributed by atoms with Crippen molar-refractivity contribution in [2.45, 2.75) is 31.6 Å². The van der Waals surface area contributed by atoms with Gasteiger partial charge >= 0.3 is 0 Å². The second-order valence-electron chi connectivity index (χ2n) is 4.57. The lowest BCUT2D eigenvalue weighted by Crippen LogP contribution is -2.26. The number of sulfonamides is 1. The lowest BCUT2D eigenvalue weighted by atomic mass is 10.1. The lowest BCUT2D eigenvalue weighted by Gasteiger charge is -2.11. The summed E-state index contributed by atoms with van der Waals surface area (Å²) >= 11 is 0. The smallest absolute Gasteiger partial charge is 0.242 e. The Balaban J connectivity index is 2.68. The van der Waals surface area contributed by atoms with Crippen LogP contribution in [0.4, 0.5) is 5.69 Å². The maximum absolute atomic E-state index is 12.0. The summed E-state index contributed by atoms with van der Waals surface area (Å²) in [6.45, 7) is 4.67. The lowest BCUT2D eigenvalue weighted by molar-refractivity contribution is 0.540. The number of nitrogen functional groups attached to an aromatic ring is 1. The Hall–Kier alpha value is -1.11. The van der Waals surface area contributed by atoms with E-state index in [0.29, 0.717) is 18.2 Å². The number of anilines is 1. The van der Waals surface area contributed by atoms with Crippen molar-refractivity contribution in [2.75, 3.05) is 12.0 Å². The first-order valence-corrected chi connectivity index (χ1v) is 7.51. The fourth-order valence-electron chi connectivity index (χ4n) is 1.61. The van der Waals surface area contributed by atoms with E-state index in [1.165, 1.54) is 6.07 Å². The molecule has 0 unspecified atom stereocenters. The van der Waals surface area contributed by atoms with Crippen molar-refractivity contribution in [3.8, 4) is 0 Å². The third-order valence-corrected chi connectivity index (χ3v) is 4.10. The van der Waals surface area contributed by atoms with Gasteiger partial charge in [-0.25, -0.2) is 13.1 Å². The Labute approximate surface area is 109 Å². The Morgan fingerprint density at radius 2 is 1.94 bits per heavy atom. The van der Waals surface area contributed by atoms with Gasteiger partial charge in [0.05, 0.1) is 5.69 Å². The van der Waals surface area contributed by atoms with E-state index in [1.54, 1.807) is 18.2 Å².